The van der Waals surface area contributed by atoms with Gasteiger partial charge in [-0.2, -0.15) is 0 Å². The van der Waals surface area contributed by atoms with Gasteiger partial charge >= 0.3 is 0 Å². The van der Waals surface area contributed by atoms with E-state index in [2.05, 4.69) is 24.4 Å². The van der Waals surface area contributed by atoms with Crippen LogP contribution in [0.2, 0.25) is 0 Å². The lowest BCUT2D eigenvalue weighted by atomic mass is 9.96. The SMILES string of the molecule is COc1ccc([C@H]2CCN2)cc1C. The summed E-state index contributed by atoms with van der Waals surface area (Å²) in [5.41, 5.74) is 2.60. The molecule has 1 N–H and O–H groups in total. The zero-order valence-corrected chi connectivity index (χ0v) is 8.13. The number of methoxy groups -OCH3 is 1. The highest BCUT2D eigenvalue weighted by Crippen LogP contribution is 2.27. The predicted octanol–water partition coefficient (Wildman–Crippen LogP) is 2.04. The Morgan fingerprint density at radius 1 is 1.46 bits per heavy atom. The van der Waals surface area contributed by atoms with Gasteiger partial charge in [0.05, 0.1) is 7.11 Å². The average molecular weight is 177 g/mol. The van der Waals surface area contributed by atoms with Gasteiger partial charge in [0.1, 0.15) is 5.75 Å². The van der Waals surface area contributed by atoms with Gasteiger partial charge in [-0.15, -0.1) is 0 Å². The van der Waals surface area contributed by atoms with Gasteiger partial charge < -0.3 is 10.1 Å². The maximum absolute atomic E-state index is 5.21. The quantitative estimate of drug-likeness (QED) is 0.746. The molecule has 2 heteroatoms. The Morgan fingerprint density at radius 3 is 2.69 bits per heavy atom. The molecular formula is C11H15NO. The molecule has 1 aromatic rings. The molecule has 2 rings (SSSR count). The molecule has 0 unspecified atom stereocenters. The lowest BCUT2D eigenvalue weighted by Crippen LogP contribution is -2.34. The summed E-state index contributed by atoms with van der Waals surface area (Å²) in [5.74, 6) is 0.975. The monoisotopic (exact) mass is 177 g/mol. The first-order valence-corrected chi connectivity index (χ1v) is 4.69. The van der Waals surface area contributed by atoms with E-state index in [1.165, 1.54) is 17.5 Å². The number of ether oxygens (including phenoxy) is 1. The zero-order chi connectivity index (χ0) is 9.26. The highest BCUT2D eigenvalue weighted by molar-refractivity contribution is 5.37. The Morgan fingerprint density at radius 2 is 2.23 bits per heavy atom. The predicted molar refractivity (Wildman–Crippen MR) is 53.1 cm³/mol. The minimum atomic E-state index is 0.574. The first-order chi connectivity index (χ1) is 6.31. The summed E-state index contributed by atoms with van der Waals surface area (Å²) < 4.78 is 5.21. The molecule has 0 aliphatic carbocycles. The summed E-state index contributed by atoms with van der Waals surface area (Å²) in [6.07, 6.45) is 1.26. The van der Waals surface area contributed by atoms with E-state index in [-0.39, 0.29) is 0 Å². The molecule has 13 heavy (non-hydrogen) atoms. The molecule has 0 saturated carbocycles. The maximum atomic E-state index is 5.21. The Hall–Kier alpha value is -1.02. The molecule has 70 valence electrons. The van der Waals surface area contributed by atoms with Gasteiger partial charge in [-0.3, -0.25) is 0 Å². The van der Waals surface area contributed by atoms with Crippen LogP contribution in [0, 0.1) is 6.92 Å². The summed E-state index contributed by atoms with van der Waals surface area (Å²) in [5, 5.41) is 3.39. The molecule has 1 aliphatic rings. The molecule has 1 heterocycles. The number of hydrogen-bond donors (Lipinski definition) is 1. The molecule has 0 spiro atoms. The second-order valence-corrected chi connectivity index (χ2v) is 3.52. The van der Waals surface area contributed by atoms with Crippen molar-refractivity contribution >= 4 is 0 Å². The fraction of sp³-hybridized carbons (Fsp3) is 0.455. The molecule has 1 fully saturated rings. The molecule has 0 bridgehead atoms. The number of nitrogens with one attached hydrogen (secondary N) is 1. The fourth-order valence-electron chi connectivity index (χ4n) is 1.69. The van der Waals surface area contributed by atoms with Crippen molar-refractivity contribution < 1.29 is 4.74 Å². The molecule has 2 nitrogen and oxygen atoms in total. The first-order valence-electron chi connectivity index (χ1n) is 4.69. The number of aryl methyl sites for hydroxylation is 1. The molecule has 0 aromatic heterocycles. The van der Waals surface area contributed by atoms with E-state index in [1.54, 1.807) is 7.11 Å². The molecule has 1 atom stereocenters. The van der Waals surface area contributed by atoms with E-state index in [0.29, 0.717) is 6.04 Å². The van der Waals surface area contributed by atoms with Crippen molar-refractivity contribution in [3.8, 4) is 5.75 Å². The largest absolute Gasteiger partial charge is 0.496 e. The highest BCUT2D eigenvalue weighted by atomic mass is 16.5. The van der Waals surface area contributed by atoms with Crippen LogP contribution in [0.15, 0.2) is 18.2 Å². The Kier molecular flexibility index (Phi) is 2.23. The van der Waals surface area contributed by atoms with Crippen LogP contribution in [-0.4, -0.2) is 13.7 Å². The van der Waals surface area contributed by atoms with Gasteiger partial charge in [-0.25, -0.2) is 0 Å². The highest BCUT2D eigenvalue weighted by Gasteiger charge is 2.18. The smallest absolute Gasteiger partial charge is 0.121 e. The van der Waals surface area contributed by atoms with Crippen LogP contribution < -0.4 is 10.1 Å². The molecule has 0 radical (unpaired) electrons. The van der Waals surface area contributed by atoms with Crippen molar-refractivity contribution in [1.82, 2.24) is 5.32 Å². The summed E-state index contributed by atoms with van der Waals surface area (Å²) in [6.45, 7) is 3.23. The summed E-state index contributed by atoms with van der Waals surface area (Å²) >= 11 is 0. The molecule has 1 aromatic carbocycles. The van der Waals surface area contributed by atoms with E-state index in [0.717, 1.165) is 12.3 Å². The van der Waals surface area contributed by atoms with Crippen molar-refractivity contribution in [2.45, 2.75) is 19.4 Å². The van der Waals surface area contributed by atoms with E-state index >= 15 is 0 Å². The Balaban J connectivity index is 2.24. The van der Waals surface area contributed by atoms with Crippen LogP contribution in [0.3, 0.4) is 0 Å². The van der Waals surface area contributed by atoms with Crippen LogP contribution >= 0.6 is 0 Å². The van der Waals surface area contributed by atoms with Gasteiger partial charge in [-0.1, -0.05) is 12.1 Å². The second-order valence-electron chi connectivity index (χ2n) is 3.52. The number of hydrogen-bond acceptors (Lipinski definition) is 2. The van der Waals surface area contributed by atoms with Gasteiger partial charge in [-0.05, 0) is 37.1 Å². The van der Waals surface area contributed by atoms with Crippen molar-refractivity contribution in [3.05, 3.63) is 29.3 Å². The van der Waals surface area contributed by atoms with Crippen LogP contribution in [0.5, 0.6) is 5.75 Å². The molecule has 1 saturated heterocycles. The summed E-state index contributed by atoms with van der Waals surface area (Å²) in [7, 11) is 1.71. The minimum absolute atomic E-state index is 0.574. The third kappa shape index (κ3) is 1.54. The van der Waals surface area contributed by atoms with E-state index in [9.17, 15) is 0 Å². The lowest BCUT2D eigenvalue weighted by molar-refractivity contribution is 0.381. The average Bonchev–Trinajstić information content (AvgIpc) is 2.01. The number of benzene rings is 1. The summed E-state index contributed by atoms with van der Waals surface area (Å²) in [6, 6.07) is 6.97. The third-order valence-corrected chi connectivity index (χ3v) is 2.65. The van der Waals surface area contributed by atoms with Crippen molar-refractivity contribution in [2.24, 2.45) is 0 Å². The second kappa shape index (κ2) is 3.38. The lowest BCUT2D eigenvalue weighted by Gasteiger charge is -2.28. The Labute approximate surface area is 78.9 Å². The van der Waals surface area contributed by atoms with Gasteiger partial charge in [0.15, 0.2) is 0 Å². The third-order valence-electron chi connectivity index (χ3n) is 2.65. The molecule has 1 aliphatic heterocycles. The van der Waals surface area contributed by atoms with Crippen molar-refractivity contribution in [2.75, 3.05) is 13.7 Å². The normalized spacial score (nSPS) is 20.9. The fourth-order valence-corrected chi connectivity index (χ4v) is 1.69. The van der Waals surface area contributed by atoms with E-state index < -0.39 is 0 Å². The maximum Gasteiger partial charge on any atom is 0.121 e. The van der Waals surface area contributed by atoms with Crippen molar-refractivity contribution in [1.29, 1.82) is 0 Å². The van der Waals surface area contributed by atoms with Gasteiger partial charge in [0.25, 0.3) is 0 Å². The first kappa shape index (κ1) is 8.57. The minimum Gasteiger partial charge on any atom is -0.496 e. The number of rotatable bonds is 2. The van der Waals surface area contributed by atoms with Gasteiger partial charge in [0.2, 0.25) is 0 Å². The van der Waals surface area contributed by atoms with E-state index in [4.69, 9.17) is 4.74 Å². The summed E-state index contributed by atoms with van der Waals surface area (Å²) in [4.78, 5) is 0. The van der Waals surface area contributed by atoms with Crippen LogP contribution in [0.1, 0.15) is 23.6 Å². The van der Waals surface area contributed by atoms with Crippen LogP contribution in [0.25, 0.3) is 0 Å². The Bertz CT molecular complexity index is 305. The van der Waals surface area contributed by atoms with Crippen LogP contribution in [-0.2, 0) is 0 Å². The van der Waals surface area contributed by atoms with Crippen LogP contribution in [0.4, 0.5) is 0 Å². The molecule has 0 amide bonds. The van der Waals surface area contributed by atoms with E-state index in [1.807, 2.05) is 6.07 Å². The van der Waals surface area contributed by atoms with Gasteiger partial charge in [0, 0.05) is 6.04 Å². The molecular weight excluding hydrogens is 162 g/mol. The topological polar surface area (TPSA) is 21.3 Å². The van der Waals surface area contributed by atoms with Crippen molar-refractivity contribution in [3.63, 3.8) is 0 Å². The standard InChI is InChI=1S/C11H15NO/c1-8-7-9(10-5-6-12-10)3-4-11(8)13-2/h3-4,7,10,12H,5-6H2,1-2H3/t10-/m1/s1. The zero-order valence-electron chi connectivity index (χ0n) is 8.13.